The lowest BCUT2D eigenvalue weighted by Crippen LogP contribution is -2.10. The van der Waals surface area contributed by atoms with Gasteiger partial charge in [-0.15, -0.1) is 10.2 Å². The molecule has 2 rings (SSSR count). The molecular formula is C10H11ClN4O. The van der Waals surface area contributed by atoms with Gasteiger partial charge in [-0.05, 0) is 19.9 Å². The molecule has 6 heteroatoms. The summed E-state index contributed by atoms with van der Waals surface area (Å²) in [7, 11) is 0. The van der Waals surface area contributed by atoms with Gasteiger partial charge in [0.1, 0.15) is 5.15 Å². The summed E-state index contributed by atoms with van der Waals surface area (Å²) in [5, 5.41) is 11.2. The van der Waals surface area contributed by atoms with E-state index in [1.807, 2.05) is 13.8 Å². The largest absolute Gasteiger partial charge is 0.423 e. The fraction of sp³-hybridized carbons (Fsp3) is 0.300. The number of pyridine rings is 1. The molecule has 84 valence electrons. The molecule has 16 heavy (non-hydrogen) atoms. The van der Waals surface area contributed by atoms with E-state index < -0.39 is 0 Å². The zero-order chi connectivity index (χ0) is 11.5. The quantitative estimate of drug-likeness (QED) is 0.833. The van der Waals surface area contributed by atoms with Crippen molar-refractivity contribution in [3.63, 3.8) is 0 Å². The van der Waals surface area contributed by atoms with Crippen LogP contribution >= 0.6 is 11.6 Å². The van der Waals surface area contributed by atoms with Crippen molar-refractivity contribution in [1.82, 2.24) is 15.2 Å². The minimum Gasteiger partial charge on any atom is -0.423 e. The van der Waals surface area contributed by atoms with E-state index in [1.165, 1.54) is 6.39 Å². The molecule has 0 atom stereocenters. The third-order valence-electron chi connectivity index (χ3n) is 1.91. The van der Waals surface area contributed by atoms with Gasteiger partial charge in [0.05, 0.1) is 11.3 Å². The van der Waals surface area contributed by atoms with Gasteiger partial charge in [-0.1, -0.05) is 11.6 Å². The lowest BCUT2D eigenvalue weighted by molar-refractivity contribution is 0.568. The molecule has 2 aromatic rings. The maximum Gasteiger partial charge on any atom is 0.251 e. The second kappa shape index (κ2) is 4.49. The summed E-state index contributed by atoms with van der Waals surface area (Å²) < 4.78 is 5.14. The topological polar surface area (TPSA) is 63.8 Å². The Morgan fingerprint density at radius 1 is 1.44 bits per heavy atom. The van der Waals surface area contributed by atoms with Crippen LogP contribution in [0.2, 0.25) is 5.15 Å². The summed E-state index contributed by atoms with van der Waals surface area (Å²) in [5.74, 6) is 0.423. The highest BCUT2D eigenvalue weighted by molar-refractivity contribution is 6.29. The summed E-state index contributed by atoms with van der Waals surface area (Å²) in [4.78, 5) is 4.00. The highest BCUT2D eigenvalue weighted by Crippen LogP contribution is 2.27. The normalized spacial score (nSPS) is 10.8. The number of nitrogens with one attached hydrogen (secondary N) is 1. The van der Waals surface area contributed by atoms with Crippen LogP contribution in [0.5, 0.6) is 0 Å². The van der Waals surface area contributed by atoms with Crippen LogP contribution in [0.1, 0.15) is 13.8 Å². The molecule has 2 heterocycles. The Balaban J connectivity index is 2.44. The lowest BCUT2D eigenvalue weighted by Gasteiger charge is -2.12. The average Bonchev–Trinajstić information content (AvgIpc) is 2.69. The Morgan fingerprint density at radius 2 is 2.25 bits per heavy atom. The SMILES string of the molecule is CC(C)Nc1cc(Cl)ncc1-c1nnco1. The molecule has 5 nitrogen and oxygen atoms in total. The Kier molecular flexibility index (Phi) is 3.05. The van der Waals surface area contributed by atoms with Gasteiger partial charge < -0.3 is 9.73 Å². The molecule has 0 aromatic carbocycles. The van der Waals surface area contributed by atoms with Crippen LogP contribution in [0.15, 0.2) is 23.1 Å². The highest BCUT2D eigenvalue weighted by Gasteiger charge is 2.12. The van der Waals surface area contributed by atoms with E-state index in [9.17, 15) is 0 Å². The molecular weight excluding hydrogens is 228 g/mol. The van der Waals surface area contributed by atoms with Gasteiger partial charge >= 0.3 is 0 Å². The third-order valence-corrected chi connectivity index (χ3v) is 2.11. The minimum absolute atomic E-state index is 0.278. The summed E-state index contributed by atoms with van der Waals surface area (Å²) in [6.45, 7) is 4.07. The van der Waals surface area contributed by atoms with E-state index in [2.05, 4.69) is 20.5 Å². The van der Waals surface area contributed by atoms with Crippen LogP contribution in [-0.2, 0) is 0 Å². The zero-order valence-corrected chi connectivity index (χ0v) is 9.69. The van der Waals surface area contributed by atoms with Gasteiger partial charge in [-0.3, -0.25) is 0 Å². The van der Waals surface area contributed by atoms with E-state index >= 15 is 0 Å². The van der Waals surface area contributed by atoms with Crippen LogP contribution in [0.3, 0.4) is 0 Å². The van der Waals surface area contributed by atoms with Crippen molar-refractivity contribution in [2.75, 3.05) is 5.32 Å². The molecule has 1 N–H and O–H groups in total. The van der Waals surface area contributed by atoms with Gasteiger partial charge in [0, 0.05) is 12.2 Å². The van der Waals surface area contributed by atoms with E-state index in [0.717, 1.165) is 11.3 Å². The smallest absolute Gasteiger partial charge is 0.251 e. The molecule has 0 radical (unpaired) electrons. The van der Waals surface area contributed by atoms with E-state index in [-0.39, 0.29) is 6.04 Å². The predicted molar refractivity (Wildman–Crippen MR) is 61.3 cm³/mol. The predicted octanol–water partition coefficient (Wildman–Crippen LogP) is 2.61. The molecule has 2 aromatic heterocycles. The zero-order valence-electron chi connectivity index (χ0n) is 8.94. The van der Waals surface area contributed by atoms with Gasteiger partial charge in [-0.25, -0.2) is 4.98 Å². The van der Waals surface area contributed by atoms with E-state index in [0.29, 0.717) is 11.0 Å². The van der Waals surface area contributed by atoms with Crippen LogP contribution in [-0.4, -0.2) is 21.2 Å². The first kappa shape index (κ1) is 10.9. The lowest BCUT2D eigenvalue weighted by atomic mass is 10.2. The first-order chi connectivity index (χ1) is 7.66. The molecule has 0 saturated carbocycles. The van der Waals surface area contributed by atoms with Crippen LogP contribution in [0.4, 0.5) is 5.69 Å². The molecule has 0 amide bonds. The number of anilines is 1. The Hall–Kier alpha value is -1.62. The van der Waals surface area contributed by atoms with E-state index in [1.54, 1.807) is 12.3 Å². The van der Waals surface area contributed by atoms with Gasteiger partial charge in [0.25, 0.3) is 5.89 Å². The fourth-order valence-electron chi connectivity index (χ4n) is 1.32. The van der Waals surface area contributed by atoms with Crippen molar-refractivity contribution in [2.24, 2.45) is 0 Å². The summed E-state index contributed by atoms with van der Waals surface area (Å²) in [6, 6.07) is 2.02. The average molecular weight is 239 g/mol. The van der Waals surface area contributed by atoms with E-state index in [4.69, 9.17) is 16.0 Å². The second-order valence-corrected chi connectivity index (χ2v) is 3.98. The molecule has 0 spiro atoms. The number of hydrogen-bond donors (Lipinski definition) is 1. The molecule has 0 aliphatic heterocycles. The third kappa shape index (κ3) is 2.30. The van der Waals surface area contributed by atoms with Crippen molar-refractivity contribution in [3.8, 4) is 11.5 Å². The molecule has 0 bridgehead atoms. The van der Waals surface area contributed by atoms with Crippen molar-refractivity contribution < 1.29 is 4.42 Å². The van der Waals surface area contributed by atoms with Crippen LogP contribution in [0, 0.1) is 0 Å². The monoisotopic (exact) mass is 238 g/mol. The molecule has 0 unspecified atom stereocenters. The molecule has 0 saturated heterocycles. The molecule has 0 aliphatic rings. The number of aromatic nitrogens is 3. The summed E-state index contributed by atoms with van der Waals surface area (Å²) >= 11 is 5.84. The van der Waals surface area contributed by atoms with Crippen molar-refractivity contribution >= 4 is 17.3 Å². The maximum atomic E-state index is 5.84. The van der Waals surface area contributed by atoms with Crippen LogP contribution in [0.25, 0.3) is 11.5 Å². The second-order valence-electron chi connectivity index (χ2n) is 3.60. The Labute approximate surface area is 97.9 Å². The first-order valence-corrected chi connectivity index (χ1v) is 5.23. The number of hydrogen-bond acceptors (Lipinski definition) is 5. The summed E-state index contributed by atoms with van der Waals surface area (Å²) in [5.41, 5.74) is 1.58. The van der Waals surface area contributed by atoms with Gasteiger partial charge in [-0.2, -0.15) is 0 Å². The standard InChI is InChI=1S/C10H11ClN4O/c1-6(2)14-8-3-9(11)12-4-7(8)10-15-13-5-16-10/h3-6H,1-2H3,(H,12,14). The minimum atomic E-state index is 0.278. The Bertz CT molecular complexity index is 470. The maximum absolute atomic E-state index is 5.84. The molecule has 0 fully saturated rings. The molecule has 0 aliphatic carbocycles. The first-order valence-electron chi connectivity index (χ1n) is 4.85. The van der Waals surface area contributed by atoms with Gasteiger partial charge in [0.15, 0.2) is 0 Å². The Morgan fingerprint density at radius 3 is 2.88 bits per heavy atom. The highest BCUT2D eigenvalue weighted by atomic mass is 35.5. The van der Waals surface area contributed by atoms with Crippen molar-refractivity contribution in [1.29, 1.82) is 0 Å². The summed E-state index contributed by atoms with van der Waals surface area (Å²) in [6.07, 6.45) is 2.89. The van der Waals surface area contributed by atoms with Gasteiger partial charge in [0.2, 0.25) is 6.39 Å². The number of nitrogens with zero attached hydrogens (tertiary/aromatic N) is 3. The van der Waals surface area contributed by atoms with Crippen molar-refractivity contribution in [3.05, 3.63) is 23.8 Å². The van der Waals surface area contributed by atoms with Crippen LogP contribution < -0.4 is 5.32 Å². The fourth-order valence-corrected chi connectivity index (χ4v) is 1.48. The number of halogens is 1. The number of rotatable bonds is 3. The van der Waals surface area contributed by atoms with Crippen molar-refractivity contribution in [2.45, 2.75) is 19.9 Å².